The van der Waals surface area contributed by atoms with Crippen LogP contribution in [0.25, 0.3) is 0 Å². The van der Waals surface area contributed by atoms with Crippen molar-refractivity contribution in [3.63, 3.8) is 0 Å². The molecule has 0 aromatic carbocycles. The molecule has 0 spiro atoms. The Morgan fingerprint density at radius 2 is 2.39 bits per heavy atom. The fourth-order valence-electron chi connectivity index (χ4n) is 2.38. The van der Waals surface area contributed by atoms with Crippen molar-refractivity contribution in [2.24, 2.45) is 0 Å². The summed E-state index contributed by atoms with van der Waals surface area (Å²) in [5, 5.41) is 6.26. The number of carbonyl (C=O) groups excluding carboxylic acids is 1. The van der Waals surface area contributed by atoms with Crippen molar-refractivity contribution in [1.29, 1.82) is 0 Å². The highest BCUT2D eigenvalue weighted by atomic mass is 16.2. The molecule has 2 N–H and O–H groups in total. The molecule has 18 heavy (non-hydrogen) atoms. The van der Waals surface area contributed by atoms with Crippen LogP contribution in [-0.2, 0) is 4.79 Å². The summed E-state index contributed by atoms with van der Waals surface area (Å²) < 4.78 is 0. The summed E-state index contributed by atoms with van der Waals surface area (Å²) in [7, 11) is 0. The monoisotopic (exact) mass is 251 g/mol. The molecule has 1 amide bonds. The van der Waals surface area contributed by atoms with E-state index in [2.05, 4.69) is 28.4 Å². The standard InChI is InChI=1S/C14H25N3O/c1-4-9-16-14(18)12(3)17(5-2)11-13-8-6-7-10-15-13/h1,12-13,15H,5-11H2,2-3H3,(H,16,18). The predicted octanol–water partition coefficient (Wildman–Crippen LogP) is 0.588. The Morgan fingerprint density at radius 3 is 2.94 bits per heavy atom. The molecule has 0 bridgehead atoms. The van der Waals surface area contributed by atoms with Crippen molar-refractivity contribution in [2.45, 2.75) is 45.2 Å². The van der Waals surface area contributed by atoms with Crippen LogP contribution in [-0.4, -0.2) is 49.1 Å². The van der Waals surface area contributed by atoms with Crippen molar-refractivity contribution in [3.8, 4) is 12.3 Å². The van der Waals surface area contributed by atoms with Gasteiger partial charge in [-0.25, -0.2) is 0 Å². The van der Waals surface area contributed by atoms with Crippen LogP contribution < -0.4 is 10.6 Å². The van der Waals surface area contributed by atoms with Crippen LogP contribution in [0, 0.1) is 12.3 Å². The Kier molecular flexibility index (Phi) is 6.77. The number of carbonyl (C=O) groups is 1. The van der Waals surface area contributed by atoms with Gasteiger partial charge < -0.3 is 10.6 Å². The highest BCUT2D eigenvalue weighted by molar-refractivity contribution is 5.81. The molecule has 2 atom stereocenters. The predicted molar refractivity (Wildman–Crippen MR) is 74.2 cm³/mol. The second kappa shape index (κ2) is 8.12. The van der Waals surface area contributed by atoms with Gasteiger partial charge in [0.2, 0.25) is 5.91 Å². The summed E-state index contributed by atoms with van der Waals surface area (Å²) in [4.78, 5) is 14.1. The maximum Gasteiger partial charge on any atom is 0.237 e. The third kappa shape index (κ3) is 4.67. The molecule has 2 unspecified atom stereocenters. The maximum absolute atomic E-state index is 11.9. The Labute approximate surface area is 110 Å². The number of rotatable bonds is 6. The van der Waals surface area contributed by atoms with E-state index in [1.807, 2.05) is 6.92 Å². The number of hydrogen-bond donors (Lipinski definition) is 2. The van der Waals surface area contributed by atoms with Gasteiger partial charge in [-0.2, -0.15) is 0 Å². The van der Waals surface area contributed by atoms with E-state index in [4.69, 9.17) is 6.42 Å². The first-order valence-corrected chi connectivity index (χ1v) is 6.87. The zero-order valence-corrected chi connectivity index (χ0v) is 11.5. The third-order valence-corrected chi connectivity index (χ3v) is 3.57. The van der Waals surface area contributed by atoms with Crippen molar-refractivity contribution < 1.29 is 4.79 Å². The smallest absolute Gasteiger partial charge is 0.237 e. The lowest BCUT2D eigenvalue weighted by atomic mass is 10.0. The zero-order chi connectivity index (χ0) is 13.4. The van der Waals surface area contributed by atoms with Gasteiger partial charge in [0.25, 0.3) is 0 Å². The van der Waals surface area contributed by atoms with Crippen LogP contribution in [0.4, 0.5) is 0 Å². The van der Waals surface area contributed by atoms with E-state index in [9.17, 15) is 4.79 Å². The van der Waals surface area contributed by atoms with E-state index in [1.54, 1.807) is 0 Å². The molecule has 102 valence electrons. The van der Waals surface area contributed by atoms with E-state index >= 15 is 0 Å². The number of nitrogens with one attached hydrogen (secondary N) is 2. The highest BCUT2D eigenvalue weighted by Gasteiger charge is 2.23. The lowest BCUT2D eigenvalue weighted by molar-refractivity contribution is -0.125. The Bertz CT molecular complexity index is 292. The first-order valence-electron chi connectivity index (χ1n) is 6.87. The zero-order valence-electron chi connectivity index (χ0n) is 11.5. The largest absolute Gasteiger partial charge is 0.344 e. The number of nitrogens with zero attached hydrogens (tertiary/aromatic N) is 1. The number of amides is 1. The van der Waals surface area contributed by atoms with E-state index in [-0.39, 0.29) is 11.9 Å². The first-order chi connectivity index (χ1) is 8.69. The quantitative estimate of drug-likeness (QED) is 0.679. The average molecular weight is 251 g/mol. The molecule has 1 aliphatic rings. The molecule has 4 nitrogen and oxygen atoms in total. The minimum absolute atomic E-state index is 0.0191. The molecule has 1 saturated heterocycles. The SMILES string of the molecule is C#CCNC(=O)C(C)N(CC)CC1CCCCN1. The maximum atomic E-state index is 11.9. The summed E-state index contributed by atoms with van der Waals surface area (Å²) in [5.41, 5.74) is 0. The van der Waals surface area contributed by atoms with Gasteiger partial charge in [-0.05, 0) is 32.9 Å². The molecule has 1 heterocycles. The molecular formula is C14H25N3O. The second-order valence-corrected chi connectivity index (χ2v) is 4.83. The first kappa shape index (κ1) is 15.0. The van der Waals surface area contributed by atoms with Gasteiger partial charge in [0.05, 0.1) is 12.6 Å². The van der Waals surface area contributed by atoms with Crippen LogP contribution in [0.1, 0.15) is 33.1 Å². The van der Waals surface area contributed by atoms with Crippen LogP contribution in [0.3, 0.4) is 0 Å². The normalized spacial score (nSPS) is 21.3. The lowest BCUT2D eigenvalue weighted by Crippen LogP contribution is -2.51. The fraction of sp³-hybridized carbons (Fsp3) is 0.786. The minimum atomic E-state index is -0.118. The van der Waals surface area contributed by atoms with E-state index in [0.717, 1.165) is 19.6 Å². The van der Waals surface area contributed by atoms with Gasteiger partial charge in [-0.15, -0.1) is 6.42 Å². The summed E-state index contributed by atoms with van der Waals surface area (Å²) in [5.74, 6) is 2.45. The fourth-order valence-corrected chi connectivity index (χ4v) is 2.38. The average Bonchev–Trinajstić information content (AvgIpc) is 2.42. The summed E-state index contributed by atoms with van der Waals surface area (Å²) in [6.45, 7) is 7.25. The van der Waals surface area contributed by atoms with Crippen LogP contribution >= 0.6 is 0 Å². The van der Waals surface area contributed by atoms with Gasteiger partial charge in [0.15, 0.2) is 0 Å². The molecule has 0 radical (unpaired) electrons. The van der Waals surface area contributed by atoms with Crippen molar-refractivity contribution >= 4 is 5.91 Å². The number of terminal acetylenes is 1. The highest BCUT2D eigenvalue weighted by Crippen LogP contribution is 2.10. The minimum Gasteiger partial charge on any atom is -0.344 e. The number of piperidine rings is 1. The molecule has 4 heteroatoms. The van der Waals surface area contributed by atoms with Crippen LogP contribution in [0.15, 0.2) is 0 Å². The molecule has 1 aliphatic heterocycles. The van der Waals surface area contributed by atoms with E-state index in [1.165, 1.54) is 19.3 Å². The summed E-state index contributed by atoms with van der Waals surface area (Å²) in [6.07, 6.45) is 8.90. The van der Waals surface area contributed by atoms with Crippen LogP contribution in [0.5, 0.6) is 0 Å². The topological polar surface area (TPSA) is 44.4 Å². The lowest BCUT2D eigenvalue weighted by Gasteiger charge is -2.33. The Hall–Kier alpha value is -1.05. The van der Waals surface area contributed by atoms with Gasteiger partial charge in [0, 0.05) is 12.6 Å². The van der Waals surface area contributed by atoms with Gasteiger partial charge in [0.1, 0.15) is 0 Å². The van der Waals surface area contributed by atoms with E-state index in [0.29, 0.717) is 12.6 Å². The molecule has 0 saturated carbocycles. The number of likely N-dealkylation sites (N-methyl/N-ethyl adjacent to an activating group) is 1. The molecule has 0 aliphatic carbocycles. The Morgan fingerprint density at radius 1 is 1.61 bits per heavy atom. The Balaban J connectivity index is 2.43. The molecular weight excluding hydrogens is 226 g/mol. The van der Waals surface area contributed by atoms with E-state index < -0.39 is 0 Å². The molecule has 0 aromatic rings. The summed E-state index contributed by atoms with van der Waals surface area (Å²) >= 11 is 0. The number of hydrogen-bond acceptors (Lipinski definition) is 3. The van der Waals surface area contributed by atoms with Gasteiger partial charge in [-0.1, -0.05) is 19.3 Å². The molecule has 1 fully saturated rings. The molecule has 0 aromatic heterocycles. The van der Waals surface area contributed by atoms with Gasteiger partial charge >= 0.3 is 0 Å². The van der Waals surface area contributed by atoms with Gasteiger partial charge in [-0.3, -0.25) is 9.69 Å². The molecule has 1 rings (SSSR count). The second-order valence-electron chi connectivity index (χ2n) is 4.83. The van der Waals surface area contributed by atoms with Crippen LogP contribution in [0.2, 0.25) is 0 Å². The van der Waals surface area contributed by atoms with Crippen molar-refractivity contribution in [1.82, 2.24) is 15.5 Å². The third-order valence-electron chi connectivity index (χ3n) is 3.57. The summed E-state index contributed by atoms with van der Waals surface area (Å²) in [6, 6.07) is 0.397. The van der Waals surface area contributed by atoms with Crippen molar-refractivity contribution in [3.05, 3.63) is 0 Å². The van der Waals surface area contributed by atoms with Crippen molar-refractivity contribution in [2.75, 3.05) is 26.2 Å².